The fourth-order valence-corrected chi connectivity index (χ4v) is 1.29. The molecule has 0 aliphatic carbocycles. The van der Waals surface area contributed by atoms with Crippen LogP contribution in [0.2, 0.25) is 0 Å². The first-order valence-electron chi connectivity index (χ1n) is 4.49. The Bertz CT molecular complexity index is 133. The maximum atomic E-state index is 10.5. The zero-order chi connectivity index (χ0) is 9.61. The quantitative estimate of drug-likeness (QED) is 0.630. The van der Waals surface area contributed by atoms with E-state index >= 15 is 0 Å². The summed E-state index contributed by atoms with van der Waals surface area (Å²) in [4.78, 5) is 10.5. The van der Waals surface area contributed by atoms with E-state index in [4.69, 9.17) is 10.8 Å². The van der Waals surface area contributed by atoms with E-state index in [1.54, 1.807) is 0 Å². The first-order chi connectivity index (χ1) is 5.60. The molecule has 0 saturated heterocycles. The van der Waals surface area contributed by atoms with Crippen LogP contribution in [0.3, 0.4) is 0 Å². The van der Waals surface area contributed by atoms with Crippen molar-refractivity contribution in [1.29, 1.82) is 0 Å². The topological polar surface area (TPSA) is 63.3 Å². The fourth-order valence-electron chi connectivity index (χ4n) is 1.29. The normalized spacial score (nSPS) is 11.6. The Morgan fingerprint density at radius 1 is 1.42 bits per heavy atom. The van der Waals surface area contributed by atoms with Crippen molar-refractivity contribution in [3.8, 4) is 0 Å². The van der Waals surface area contributed by atoms with Crippen molar-refractivity contribution >= 4 is 5.91 Å². The third-order valence-corrected chi connectivity index (χ3v) is 2.74. The summed E-state index contributed by atoms with van der Waals surface area (Å²) in [5.74, 6) is -0.283. The molecule has 12 heavy (non-hydrogen) atoms. The minimum Gasteiger partial charge on any atom is -0.396 e. The fraction of sp³-hybridized carbons (Fsp3) is 0.889. The smallest absolute Gasteiger partial charge is 0.217 e. The van der Waals surface area contributed by atoms with Crippen molar-refractivity contribution in [3.05, 3.63) is 0 Å². The van der Waals surface area contributed by atoms with Crippen molar-refractivity contribution in [3.63, 3.8) is 0 Å². The van der Waals surface area contributed by atoms with E-state index in [2.05, 4.69) is 0 Å². The zero-order valence-electron chi connectivity index (χ0n) is 7.97. The Balaban J connectivity index is 4.01. The maximum Gasteiger partial charge on any atom is 0.217 e. The number of primary amides is 1. The van der Waals surface area contributed by atoms with Crippen LogP contribution >= 0.6 is 0 Å². The average molecular weight is 173 g/mol. The Hall–Kier alpha value is -0.570. The summed E-state index contributed by atoms with van der Waals surface area (Å²) in [6, 6.07) is 0. The summed E-state index contributed by atoms with van der Waals surface area (Å²) < 4.78 is 0. The molecule has 0 bridgehead atoms. The van der Waals surface area contributed by atoms with Crippen LogP contribution in [0.15, 0.2) is 0 Å². The van der Waals surface area contributed by atoms with Crippen LogP contribution in [0.5, 0.6) is 0 Å². The van der Waals surface area contributed by atoms with E-state index in [0.29, 0.717) is 12.8 Å². The molecular formula is C9H19NO2. The monoisotopic (exact) mass is 173 g/mol. The van der Waals surface area contributed by atoms with Gasteiger partial charge >= 0.3 is 0 Å². The van der Waals surface area contributed by atoms with Gasteiger partial charge in [-0.15, -0.1) is 0 Å². The summed E-state index contributed by atoms with van der Waals surface area (Å²) in [6.45, 7) is 4.20. The molecular weight excluding hydrogens is 154 g/mol. The van der Waals surface area contributed by atoms with Crippen molar-refractivity contribution in [2.45, 2.75) is 39.5 Å². The van der Waals surface area contributed by atoms with Gasteiger partial charge in [0.15, 0.2) is 0 Å². The van der Waals surface area contributed by atoms with E-state index in [1.165, 1.54) is 0 Å². The lowest BCUT2D eigenvalue weighted by Gasteiger charge is -2.28. The molecule has 0 aromatic rings. The highest BCUT2D eigenvalue weighted by Gasteiger charge is 2.25. The summed E-state index contributed by atoms with van der Waals surface area (Å²) in [5.41, 5.74) is 4.95. The van der Waals surface area contributed by atoms with Gasteiger partial charge < -0.3 is 10.8 Å². The summed E-state index contributed by atoms with van der Waals surface area (Å²) in [7, 11) is 0. The minimum atomic E-state index is -0.283. The molecule has 3 heteroatoms. The highest BCUT2D eigenvalue weighted by atomic mass is 16.3. The molecule has 0 aromatic carbocycles. The van der Waals surface area contributed by atoms with Crippen molar-refractivity contribution in [1.82, 2.24) is 0 Å². The van der Waals surface area contributed by atoms with Crippen LogP contribution < -0.4 is 5.73 Å². The molecule has 3 N–H and O–H groups in total. The summed E-state index contributed by atoms with van der Waals surface area (Å²) >= 11 is 0. The molecule has 3 nitrogen and oxygen atoms in total. The lowest BCUT2D eigenvalue weighted by Crippen LogP contribution is -2.26. The highest BCUT2D eigenvalue weighted by molar-refractivity contribution is 5.73. The highest BCUT2D eigenvalue weighted by Crippen LogP contribution is 2.30. The van der Waals surface area contributed by atoms with E-state index in [-0.39, 0.29) is 17.9 Å². The van der Waals surface area contributed by atoms with Crippen LogP contribution in [0.4, 0.5) is 0 Å². The Kier molecular flexibility index (Phi) is 4.90. The average Bonchev–Trinajstić information content (AvgIpc) is 2.08. The first-order valence-corrected chi connectivity index (χ1v) is 4.49. The molecule has 72 valence electrons. The summed E-state index contributed by atoms with van der Waals surface area (Å²) in [6.07, 6.45) is 2.87. The molecule has 0 rings (SSSR count). The molecule has 0 heterocycles. The first kappa shape index (κ1) is 11.4. The third-order valence-electron chi connectivity index (χ3n) is 2.74. The second kappa shape index (κ2) is 5.14. The van der Waals surface area contributed by atoms with E-state index in [1.807, 2.05) is 13.8 Å². The number of aliphatic hydroxyl groups excluding tert-OH is 1. The number of aliphatic hydroxyl groups is 1. The van der Waals surface area contributed by atoms with Crippen LogP contribution in [-0.4, -0.2) is 17.6 Å². The molecule has 0 aromatic heterocycles. The number of carbonyl (C=O) groups is 1. The van der Waals surface area contributed by atoms with E-state index in [0.717, 1.165) is 12.8 Å². The van der Waals surface area contributed by atoms with Crippen molar-refractivity contribution in [2.24, 2.45) is 11.1 Å². The van der Waals surface area contributed by atoms with Gasteiger partial charge in [0.25, 0.3) is 0 Å². The molecule has 0 aliphatic rings. The van der Waals surface area contributed by atoms with Gasteiger partial charge in [0, 0.05) is 13.0 Å². The molecule has 0 fully saturated rings. The number of rotatable bonds is 6. The predicted molar refractivity (Wildman–Crippen MR) is 48.5 cm³/mol. The van der Waals surface area contributed by atoms with Crippen LogP contribution in [0.25, 0.3) is 0 Å². The molecule has 0 unspecified atom stereocenters. The van der Waals surface area contributed by atoms with Gasteiger partial charge in [0.2, 0.25) is 5.91 Å². The SMILES string of the molecule is CCC(CC)(CO)CCC(N)=O. The zero-order valence-corrected chi connectivity index (χ0v) is 7.97. The molecule has 0 aliphatic heterocycles. The van der Waals surface area contributed by atoms with Crippen molar-refractivity contribution in [2.75, 3.05) is 6.61 Å². The van der Waals surface area contributed by atoms with Gasteiger partial charge in [-0.1, -0.05) is 13.8 Å². The summed E-state index contributed by atoms with van der Waals surface area (Å²) in [5, 5.41) is 9.14. The number of hydrogen-bond donors (Lipinski definition) is 2. The van der Waals surface area contributed by atoms with Crippen molar-refractivity contribution < 1.29 is 9.90 Å². The van der Waals surface area contributed by atoms with Gasteiger partial charge in [-0.25, -0.2) is 0 Å². The second-order valence-electron chi connectivity index (χ2n) is 3.33. The van der Waals surface area contributed by atoms with Gasteiger partial charge in [0.05, 0.1) is 0 Å². The van der Waals surface area contributed by atoms with Gasteiger partial charge in [-0.3, -0.25) is 4.79 Å². The lowest BCUT2D eigenvalue weighted by molar-refractivity contribution is -0.118. The number of carbonyl (C=O) groups excluding carboxylic acids is 1. The minimum absolute atomic E-state index is 0.0883. The largest absolute Gasteiger partial charge is 0.396 e. The Morgan fingerprint density at radius 2 is 1.92 bits per heavy atom. The standard InChI is InChI=1S/C9H19NO2/c1-3-9(4-2,7-11)6-5-8(10)12/h11H,3-7H2,1-2H3,(H2,10,12). The molecule has 0 saturated carbocycles. The van der Waals surface area contributed by atoms with Crippen LogP contribution in [-0.2, 0) is 4.79 Å². The molecule has 0 spiro atoms. The third kappa shape index (κ3) is 3.22. The second-order valence-corrected chi connectivity index (χ2v) is 3.33. The predicted octanol–water partition coefficient (Wildman–Crippen LogP) is 1.05. The van der Waals surface area contributed by atoms with Gasteiger partial charge in [-0.2, -0.15) is 0 Å². The maximum absolute atomic E-state index is 10.5. The van der Waals surface area contributed by atoms with Gasteiger partial charge in [0.1, 0.15) is 0 Å². The lowest BCUT2D eigenvalue weighted by atomic mass is 9.79. The van der Waals surface area contributed by atoms with Crippen LogP contribution in [0, 0.1) is 5.41 Å². The van der Waals surface area contributed by atoms with Gasteiger partial charge in [-0.05, 0) is 24.7 Å². The molecule has 0 radical (unpaired) electrons. The molecule has 1 amide bonds. The number of amides is 1. The Labute approximate surface area is 74.0 Å². The number of nitrogens with two attached hydrogens (primary N) is 1. The van der Waals surface area contributed by atoms with Crippen LogP contribution in [0.1, 0.15) is 39.5 Å². The van der Waals surface area contributed by atoms with E-state index in [9.17, 15) is 4.79 Å². The molecule has 0 atom stereocenters. The Morgan fingerprint density at radius 3 is 2.17 bits per heavy atom. The number of hydrogen-bond acceptors (Lipinski definition) is 2. The van der Waals surface area contributed by atoms with E-state index < -0.39 is 0 Å².